The molecule has 0 saturated heterocycles. The molecule has 6 nitrogen and oxygen atoms in total. The Morgan fingerprint density at radius 2 is 1.79 bits per heavy atom. The van der Waals surface area contributed by atoms with Crippen molar-refractivity contribution >= 4 is 50.5 Å². The fraction of sp³-hybridized carbons (Fsp3) is 0. The molecule has 0 radical (unpaired) electrons. The Bertz CT molecular complexity index is 515. The van der Waals surface area contributed by atoms with Gasteiger partial charge in [0.15, 0.2) is 22.1 Å². The fourth-order valence-corrected chi connectivity index (χ4v) is 1.33. The smallest absolute Gasteiger partial charge is 0.224 e. The van der Waals surface area contributed by atoms with Crippen LogP contribution in [0.25, 0.3) is 11.2 Å². The first kappa shape index (κ1) is 9.35. The number of nitrogen functional groups attached to an aromatic ring is 2. The number of rotatable bonds is 0. The third kappa shape index (κ3) is 1.44. The Morgan fingerprint density at radius 1 is 1.07 bits per heavy atom. The van der Waals surface area contributed by atoms with Crippen LogP contribution in [0.2, 0.25) is 5.15 Å². The number of halogens is 2. The van der Waals surface area contributed by atoms with Gasteiger partial charge in [-0.2, -0.15) is 9.97 Å². The number of aromatic nitrogens is 4. The standard InChI is InChI=1S/C6H4BrClN6/c7-2-3(8)11-1-4(9)13-6(10)14-5(1)12-2/h(H4,9,10,12,13,14). The maximum absolute atomic E-state index is 5.74. The summed E-state index contributed by atoms with van der Waals surface area (Å²) in [6, 6.07) is 0. The van der Waals surface area contributed by atoms with Gasteiger partial charge in [-0.1, -0.05) is 11.6 Å². The summed E-state index contributed by atoms with van der Waals surface area (Å²) in [6.45, 7) is 0. The highest BCUT2D eigenvalue weighted by molar-refractivity contribution is 9.10. The third-order valence-corrected chi connectivity index (χ3v) is 2.54. The van der Waals surface area contributed by atoms with Crippen molar-refractivity contribution in [3.8, 4) is 0 Å². The van der Waals surface area contributed by atoms with Crippen LogP contribution >= 0.6 is 27.5 Å². The zero-order chi connectivity index (χ0) is 10.3. The first-order valence-electron chi connectivity index (χ1n) is 3.49. The lowest BCUT2D eigenvalue weighted by molar-refractivity contribution is 1.15. The molecule has 2 aromatic rings. The number of anilines is 2. The lowest BCUT2D eigenvalue weighted by atomic mass is 10.5. The van der Waals surface area contributed by atoms with E-state index in [0.717, 1.165) is 0 Å². The van der Waals surface area contributed by atoms with Crippen LogP contribution in [0.4, 0.5) is 11.8 Å². The maximum atomic E-state index is 5.74. The molecule has 2 rings (SSSR count). The van der Waals surface area contributed by atoms with Gasteiger partial charge in [-0.3, -0.25) is 0 Å². The van der Waals surface area contributed by atoms with Crippen LogP contribution in [-0.4, -0.2) is 19.9 Å². The van der Waals surface area contributed by atoms with Gasteiger partial charge < -0.3 is 11.5 Å². The Labute approximate surface area is 91.8 Å². The van der Waals surface area contributed by atoms with E-state index in [0.29, 0.717) is 15.8 Å². The van der Waals surface area contributed by atoms with Crippen molar-refractivity contribution in [2.45, 2.75) is 0 Å². The summed E-state index contributed by atoms with van der Waals surface area (Å²) in [5, 5.41) is 0.206. The summed E-state index contributed by atoms with van der Waals surface area (Å²) in [5.41, 5.74) is 11.6. The second-order valence-electron chi connectivity index (χ2n) is 2.44. The molecule has 0 atom stereocenters. The minimum Gasteiger partial charge on any atom is -0.382 e. The molecule has 4 N–H and O–H groups in total. The predicted molar refractivity (Wildman–Crippen MR) is 56.7 cm³/mol. The average molecular weight is 275 g/mol. The predicted octanol–water partition coefficient (Wildman–Crippen LogP) is 1.00. The van der Waals surface area contributed by atoms with Crippen LogP contribution in [0.5, 0.6) is 0 Å². The van der Waals surface area contributed by atoms with Gasteiger partial charge in [0.25, 0.3) is 0 Å². The molecule has 2 aromatic heterocycles. The minimum absolute atomic E-state index is 0.0542. The van der Waals surface area contributed by atoms with E-state index in [4.69, 9.17) is 23.1 Å². The zero-order valence-corrected chi connectivity index (χ0v) is 9.04. The molecule has 0 aliphatic carbocycles. The van der Waals surface area contributed by atoms with E-state index in [2.05, 4.69) is 35.9 Å². The highest BCUT2D eigenvalue weighted by atomic mass is 79.9. The second-order valence-corrected chi connectivity index (χ2v) is 3.55. The van der Waals surface area contributed by atoms with Crippen molar-refractivity contribution in [3.05, 3.63) is 9.76 Å². The first-order valence-corrected chi connectivity index (χ1v) is 4.67. The Balaban J connectivity index is 2.89. The topological polar surface area (TPSA) is 104 Å². The zero-order valence-electron chi connectivity index (χ0n) is 6.70. The molecule has 0 aromatic carbocycles. The molecule has 0 fully saturated rings. The summed E-state index contributed by atoms with van der Waals surface area (Å²) in [4.78, 5) is 15.6. The second kappa shape index (κ2) is 3.18. The molecule has 14 heavy (non-hydrogen) atoms. The van der Waals surface area contributed by atoms with Crippen LogP contribution in [0.3, 0.4) is 0 Å². The van der Waals surface area contributed by atoms with E-state index in [-0.39, 0.29) is 16.9 Å². The summed E-state index contributed by atoms with van der Waals surface area (Å²) in [5.74, 6) is 0.216. The molecule has 0 bridgehead atoms. The SMILES string of the molecule is Nc1nc(N)c2nc(Cl)c(Br)nc2n1. The van der Waals surface area contributed by atoms with Crippen molar-refractivity contribution in [1.29, 1.82) is 0 Å². The third-order valence-electron chi connectivity index (χ3n) is 1.49. The molecule has 72 valence electrons. The maximum Gasteiger partial charge on any atom is 0.224 e. The first-order chi connectivity index (χ1) is 6.58. The van der Waals surface area contributed by atoms with E-state index in [1.54, 1.807) is 0 Å². The highest BCUT2D eigenvalue weighted by Gasteiger charge is 2.09. The van der Waals surface area contributed by atoms with Gasteiger partial charge in [0.1, 0.15) is 4.60 Å². The largest absolute Gasteiger partial charge is 0.382 e. The Morgan fingerprint density at radius 3 is 2.50 bits per heavy atom. The molecule has 0 aliphatic heterocycles. The molecular weight excluding hydrogens is 271 g/mol. The molecule has 0 unspecified atom stereocenters. The number of fused-ring (bicyclic) bond motifs is 1. The quantitative estimate of drug-likeness (QED) is 0.743. The van der Waals surface area contributed by atoms with Crippen molar-refractivity contribution < 1.29 is 0 Å². The molecule has 0 amide bonds. The fourth-order valence-electron chi connectivity index (χ4n) is 0.946. The van der Waals surface area contributed by atoms with Gasteiger partial charge in [-0.25, -0.2) is 9.97 Å². The van der Waals surface area contributed by atoms with Gasteiger partial charge in [-0.15, -0.1) is 0 Å². The van der Waals surface area contributed by atoms with Crippen LogP contribution in [0.1, 0.15) is 0 Å². The lowest BCUT2D eigenvalue weighted by Crippen LogP contribution is -2.03. The molecule has 8 heteroatoms. The van der Waals surface area contributed by atoms with Crippen molar-refractivity contribution in [2.75, 3.05) is 11.5 Å². The van der Waals surface area contributed by atoms with Gasteiger partial charge in [0.2, 0.25) is 5.95 Å². The average Bonchev–Trinajstić information content (AvgIpc) is 2.08. The van der Waals surface area contributed by atoms with Crippen LogP contribution in [-0.2, 0) is 0 Å². The van der Waals surface area contributed by atoms with Gasteiger partial charge in [0.05, 0.1) is 0 Å². The van der Waals surface area contributed by atoms with Crippen molar-refractivity contribution in [1.82, 2.24) is 19.9 Å². The number of hydrogen-bond acceptors (Lipinski definition) is 6. The summed E-state index contributed by atoms with van der Waals surface area (Å²) < 4.78 is 0.393. The molecule has 0 spiro atoms. The van der Waals surface area contributed by atoms with Crippen molar-refractivity contribution in [2.24, 2.45) is 0 Å². The normalized spacial score (nSPS) is 10.7. The Kier molecular flexibility index (Phi) is 2.12. The van der Waals surface area contributed by atoms with E-state index in [9.17, 15) is 0 Å². The highest BCUT2D eigenvalue weighted by Crippen LogP contribution is 2.23. The summed E-state index contributed by atoms with van der Waals surface area (Å²) in [7, 11) is 0. The van der Waals surface area contributed by atoms with E-state index >= 15 is 0 Å². The molecule has 2 heterocycles. The minimum atomic E-state index is 0.0542. The van der Waals surface area contributed by atoms with Crippen molar-refractivity contribution in [3.63, 3.8) is 0 Å². The summed E-state index contributed by atoms with van der Waals surface area (Å²) >= 11 is 8.85. The number of nitrogens with zero attached hydrogens (tertiary/aromatic N) is 4. The molecule has 0 saturated carbocycles. The lowest BCUT2D eigenvalue weighted by Gasteiger charge is -2.01. The van der Waals surface area contributed by atoms with E-state index in [1.165, 1.54) is 0 Å². The van der Waals surface area contributed by atoms with E-state index in [1.807, 2.05) is 0 Å². The van der Waals surface area contributed by atoms with Gasteiger partial charge in [-0.05, 0) is 15.9 Å². The van der Waals surface area contributed by atoms with Crippen LogP contribution in [0.15, 0.2) is 4.60 Å². The van der Waals surface area contributed by atoms with Crippen LogP contribution in [0, 0.1) is 0 Å². The monoisotopic (exact) mass is 274 g/mol. The molecule has 0 aliphatic rings. The molecular formula is C6H4BrClN6. The van der Waals surface area contributed by atoms with Crippen LogP contribution < -0.4 is 11.5 Å². The van der Waals surface area contributed by atoms with Gasteiger partial charge >= 0.3 is 0 Å². The summed E-state index contributed by atoms with van der Waals surface area (Å²) in [6.07, 6.45) is 0. The number of nitrogens with two attached hydrogens (primary N) is 2. The Hall–Kier alpha value is -1.21. The van der Waals surface area contributed by atoms with E-state index < -0.39 is 0 Å². The number of hydrogen-bond donors (Lipinski definition) is 2. The van der Waals surface area contributed by atoms with Gasteiger partial charge in [0, 0.05) is 0 Å².